The number of imidazole rings is 1. The molecule has 0 spiro atoms. The molecular weight excluding hydrogens is 456 g/mol. The summed E-state index contributed by atoms with van der Waals surface area (Å²) in [6.45, 7) is 5.79. The van der Waals surface area contributed by atoms with Crippen molar-refractivity contribution >= 4 is 33.9 Å². The summed E-state index contributed by atoms with van der Waals surface area (Å²) in [4.78, 5) is 21.8. The van der Waals surface area contributed by atoms with E-state index in [1.54, 1.807) is 18.3 Å². The van der Waals surface area contributed by atoms with Crippen LogP contribution in [-0.4, -0.2) is 22.5 Å². The Balaban J connectivity index is 2.42. The fourth-order valence-corrected chi connectivity index (χ4v) is 2.89. The van der Waals surface area contributed by atoms with Crippen LogP contribution in [0.4, 0.5) is 0 Å². The van der Waals surface area contributed by atoms with Gasteiger partial charge >= 0.3 is 138 Å². The van der Waals surface area contributed by atoms with Crippen LogP contribution in [0.5, 0.6) is 0 Å². The first-order chi connectivity index (χ1) is 10.1. The SMILES string of the molecule is C=Cc1sc(C(=O)OC)cc1-c1cnc(/C=C(/C)[CH]=[W])[n-]1. The quantitative estimate of drug-likeness (QED) is 0.633. The van der Waals surface area contributed by atoms with Crippen molar-refractivity contribution in [1.82, 2.24) is 9.97 Å². The third kappa shape index (κ3) is 3.55. The molecule has 0 bridgehead atoms. The number of carbonyl (C=O) groups is 1. The van der Waals surface area contributed by atoms with Gasteiger partial charge < -0.3 is 0 Å². The van der Waals surface area contributed by atoms with Gasteiger partial charge in [0.15, 0.2) is 0 Å². The summed E-state index contributed by atoms with van der Waals surface area (Å²) >= 11 is 2.72. The van der Waals surface area contributed by atoms with Gasteiger partial charge in [-0.15, -0.1) is 0 Å². The molecule has 0 aliphatic rings. The number of methoxy groups -OCH3 is 1. The van der Waals surface area contributed by atoms with Gasteiger partial charge in [0.2, 0.25) is 0 Å². The van der Waals surface area contributed by atoms with Gasteiger partial charge in [0.1, 0.15) is 0 Å². The third-order valence-corrected chi connectivity index (χ3v) is 5.15. The van der Waals surface area contributed by atoms with E-state index in [9.17, 15) is 4.79 Å². The molecule has 6 heteroatoms. The van der Waals surface area contributed by atoms with Crippen LogP contribution >= 0.6 is 11.3 Å². The van der Waals surface area contributed by atoms with Gasteiger partial charge in [0, 0.05) is 0 Å². The third-order valence-electron chi connectivity index (χ3n) is 2.71. The van der Waals surface area contributed by atoms with Crippen LogP contribution in [0.3, 0.4) is 0 Å². The van der Waals surface area contributed by atoms with E-state index in [1.165, 1.54) is 37.8 Å². The molecule has 2 aromatic heterocycles. The molecule has 0 amide bonds. The molecule has 2 rings (SSSR count). The van der Waals surface area contributed by atoms with Gasteiger partial charge in [0.05, 0.1) is 0 Å². The van der Waals surface area contributed by atoms with E-state index in [4.69, 9.17) is 4.74 Å². The van der Waals surface area contributed by atoms with E-state index in [-0.39, 0.29) is 5.97 Å². The number of aromatic nitrogens is 2. The average molecular weight is 469 g/mol. The van der Waals surface area contributed by atoms with E-state index in [2.05, 4.69) is 20.9 Å². The van der Waals surface area contributed by atoms with E-state index in [1.807, 2.05) is 13.0 Å². The Kier molecular flexibility index (Phi) is 5.21. The van der Waals surface area contributed by atoms with Crippen molar-refractivity contribution in [2.45, 2.75) is 6.92 Å². The number of ether oxygens (including phenoxy) is 1. The number of hydrogen-bond donors (Lipinski definition) is 0. The monoisotopic (exact) mass is 469 g/mol. The number of esters is 1. The zero-order chi connectivity index (χ0) is 15.4. The van der Waals surface area contributed by atoms with Crippen LogP contribution in [-0.2, 0) is 24.1 Å². The van der Waals surface area contributed by atoms with Crippen molar-refractivity contribution in [3.8, 4) is 11.3 Å². The molecule has 0 unspecified atom stereocenters. The summed E-state index contributed by atoms with van der Waals surface area (Å²) in [6.07, 6.45) is 5.35. The summed E-state index contributed by atoms with van der Waals surface area (Å²) in [7, 11) is 1.37. The zero-order valence-corrected chi connectivity index (χ0v) is 15.4. The van der Waals surface area contributed by atoms with Crippen LogP contribution in [0.2, 0.25) is 0 Å². The van der Waals surface area contributed by atoms with Gasteiger partial charge in [-0.25, -0.2) is 0 Å². The molecule has 0 N–H and O–H groups in total. The molecule has 21 heavy (non-hydrogen) atoms. The van der Waals surface area contributed by atoms with Gasteiger partial charge in [-0.05, 0) is 0 Å². The molecule has 0 aliphatic carbocycles. The molecule has 0 aromatic carbocycles. The summed E-state index contributed by atoms with van der Waals surface area (Å²) in [5.74, 6) is 0.314. The van der Waals surface area contributed by atoms with Gasteiger partial charge in [0.25, 0.3) is 0 Å². The molecule has 2 aromatic rings. The minimum absolute atomic E-state index is 0.353. The number of thiophene rings is 1. The minimum atomic E-state index is -0.353. The topological polar surface area (TPSA) is 53.3 Å². The van der Waals surface area contributed by atoms with Crippen LogP contribution in [0.15, 0.2) is 24.4 Å². The molecule has 2 heterocycles. The second kappa shape index (κ2) is 6.92. The molecule has 4 nitrogen and oxygen atoms in total. The van der Waals surface area contributed by atoms with Crippen LogP contribution in [0, 0.1) is 0 Å². The maximum absolute atomic E-state index is 11.6. The molecule has 0 saturated heterocycles. The Morgan fingerprint density at radius 1 is 1.57 bits per heavy atom. The molecule has 0 saturated carbocycles. The van der Waals surface area contributed by atoms with Crippen molar-refractivity contribution in [3.05, 3.63) is 40.0 Å². The fraction of sp³-hybridized carbons (Fsp3) is 0.133. The van der Waals surface area contributed by atoms with Crippen molar-refractivity contribution in [1.29, 1.82) is 0 Å². The van der Waals surface area contributed by atoms with E-state index < -0.39 is 0 Å². The van der Waals surface area contributed by atoms with Gasteiger partial charge in [-0.2, -0.15) is 0 Å². The first kappa shape index (κ1) is 15.8. The Labute approximate surface area is 138 Å². The Hall–Kier alpha value is -1.58. The Morgan fingerprint density at radius 3 is 2.95 bits per heavy atom. The van der Waals surface area contributed by atoms with Crippen LogP contribution in [0.1, 0.15) is 27.3 Å². The first-order valence-electron chi connectivity index (χ1n) is 6.07. The number of nitrogens with zero attached hydrogens (tertiary/aromatic N) is 2. The molecular formula is C15H13N2O2SW-. The van der Waals surface area contributed by atoms with E-state index >= 15 is 0 Å². The predicted molar refractivity (Wildman–Crippen MR) is 82.0 cm³/mol. The molecule has 108 valence electrons. The zero-order valence-electron chi connectivity index (χ0n) is 11.6. The molecule has 0 atom stereocenters. The fourth-order valence-electron chi connectivity index (χ4n) is 1.70. The Bertz CT molecular complexity index is 728. The van der Waals surface area contributed by atoms with Crippen molar-refractivity contribution in [2.24, 2.45) is 0 Å². The van der Waals surface area contributed by atoms with Gasteiger partial charge in [-0.3, -0.25) is 0 Å². The molecule has 0 radical (unpaired) electrons. The average Bonchev–Trinajstić information content (AvgIpc) is 3.12. The van der Waals surface area contributed by atoms with Crippen molar-refractivity contribution < 1.29 is 28.9 Å². The van der Waals surface area contributed by atoms with E-state index in [0.717, 1.165) is 21.7 Å². The molecule has 0 aliphatic heterocycles. The first-order valence-corrected chi connectivity index (χ1v) is 8.58. The standard InChI is InChI=1S/C15H13N2O2S.W/c1-5-12-10(7-13(20-12)15(18)19-4)11-8-16-14(17-11)6-9(2)3;/h2,5-8H,1H2,3-4H3;/q-1;/b9-6+;. The van der Waals surface area contributed by atoms with Crippen molar-refractivity contribution in [3.63, 3.8) is 0 Å². The number of rotatable bonds is 5. The Morgan fingerprint density at radius 2 is 2.33 bits per heavy atom. The summed E-state index contributed by atoms with van der Waals surface area (Å²) < 4.78 is 6.82. The van der Waals surface area contributed by atoms with Crippen LogP contribution < -0.4 is 4.98 Å². The second-order valence-electron chi connectivity index (χ2n) is 4.20. The molecule has 0 fully saturated rings. The predicted octanol–water partition coefficient (Wildman–Crippen LogP) is 2.95. The summed E-state index contributed by atoms with van der Waals surface area (Å²) in [5.41, 5.74) is 2.72. The maximum atomic E-state index is 11.6. The van der Waals surface area contributed by atoms with E-state index in [0.29, 0.717) is 10.7 Å². The summed E-state index contributed by atoms with van der Waals surface area (Å²) in [6, 6.07) is 1.77. The number of carbonyl (C=O) groups excluding carboxylic acids is 1. The number of hydrogen-bond acceptors (Lipinski definition) is 4. The van der Waals surface area contributed by atoms with Crippen LogP contribution in [0.25, 0.3) is 23.4 Å². The second-order valence-corrected chi connectivity index (χ2v) is 6.13. The number of allylic oxidation sites excluding steroid dienone is 1. The normalized spacial score (nSPS) is 11.2. The van der Waals surface area contributed by atoms with Gasteiger partial charge in [-0.1, -0.05) is 0 Å². The summed E-state index contributed by atoms with van der Waals surface area (Å²) in [5, 5.41) is 0. The van der Waals surface area contributed by atoms with Crippen molar-refractivity contribution in [2.75, 3.05) is 7.11 Å².